The molecule has 0 bridgehead atoms. The van der Waals surface area contributed by atoms with Gasteiger partial charge in [0.15, 0.2) is 0 Å². The summed E-state index contributed by atoms with van der Waals surface area (Å²) >= 11 is 0. The van der Waals surface area contributed by atoms with Crippen molar-refractivity contribution in [3.05, 3.63) is 0 Å². The topological polar surface area (TPSA) is 38.7 Å². The van der Waals surface area contributed by atoms with Crippen molar-refractivity contribution in [2.24, 2.45) is 0 Å². The number of rotatable bonds is 4. The van der Waals surface area contributed by atoms with Crippen molar-refractivity contribution in [1.82, 2.24) is 15.1 Å². The molecule has 1 aliphatic rings. The number of aliphatic hydroxyl groups is 1. The molecule has 1 unspecified atom stereocenters. The van der Waals surface area contributed by atoms with Gasteiger partial charge < -0.3 is 15.3 Å². The van der Waals surface area contributed by atoms with E-state index in [0.717, 1.165) is 32.7 Å². The molecule has 2 N–H and O–H groups in total. The fourth-order valence-electron chi connectivity index (χ4n) is 1.71. The van der Waals surface area contributed by atoms with Crippen LogP contribution in [0.15, 0.2) is 0 Å². The molecule has 14 heavy (non-hydrogen) atoms. The summed E-state index contributed by atoms with van der Waals surface area (Å²) in [6.45, 7) is 7.65. The smallest absolute Gasteiger partial charge is 0.0623 e. The van der Waals surface area contributed by atoms with Gasteiger partial charge in [0.2, 0.25) is 0 Å². The normalized spacial score (nSPS) is 24.9. The summed E-state index contributed by atoms with van der Waals surface area (Å²) in [4.78, 5) is 4.75. The third-order valence-corrected chi connectivity index (χ3v) is 3.12. The molecule has 1 fully saturated rings. The molecule has 1 heterocycles. The van der Waals surface area contributed by atoms with E-state index >= 15 is 0 Å². The van der Waals surface area contributed by atoms with E-state index in [1.807, 2.05) is 7.05 Å². The number of nitrogens with one attached hydrogen (secondary N) is 1. The summed E-state index contributed by atoms with van der Waals surface area (Å²) in [6.07, 6.45) is 0. The highest BCUT2D eigenvalue weighted by Crippen LogP contribution is 2.07. The molecule has 84 valence electrons. The molecule has 0 aliphatic carbocycles. The van der Waals surface area contributed by atoms with Gasteiger partial charge in [-0.2, -0.15) is 0 Å². The zero-order chi connectivity index (χ0) is 10.6. The molecular weight excluding hydrogens is 178 g/mol. The molecule has 1 rings (SSSR count). The van der Waals surface area contributed by atoms with Crippen LogP contribution in [0.2, 0.25) is 0 Å². The zero-order valence-corrected chi connectivity index (χ0v) is 9.58. The molecule has 0 saturated carbocycles. The fourth-order valence-corrected chi connectivity index (χ4v) is 1.71. The summed E-state index contributed by atoms with van der Waals surface area (Å²) in [5, 5.41) is 12.4. The maximum absolute atomic E-state index is 9.27. The van der Waals surface area contributed by atoms with E-state index in [2.05, 4.69) is 29.1 Å². The first-order chi connectivity index (χ1) is 6.59. The fraction of sp³-hybridized carbons (Fsp3) is 1.00. The minimum Gasteiger partial charge on any atom is -0.394 e. The van der Waals surface area contributed by atoms with Crippen LogP contribution in [0, 0.1) is 0 Å². The lowest BCUT2D eigenvalue weighted by Crippen LogP contribution is -2.56. The van der Waals surface area contributed by atoms with Gasteiger partial charge in [-0.15, -0.1) is 0 Å². The van der Waals surface area contributed by atoms with Crippen LogP contribution in [0.3, 0.4) is 0 Å². The monoisotopic (exact) mass is 201 g/mol. The third kappa shape index (κ3) is 3.20. The maximum atomic E-state index is 9.27. The summed E-state index contributed by atoms with van der Waals surface area (Å²) in [7, 11) is 4.06. The van der Waals surface area contributed by atoms with E-state index in [1.165, 1.54) is 0 Å². The molecule has 1 saturated heterocycles. The van der Waals surface area contributed by atoms with Crippen molar-refractivity contribution in [3.8, 4) is 0 Å². The molecular formula is C10H23N3O. The van der Waals surface area contributed by atoms with E-state index in [-0.39, 0.29) is 12.1 Å². The Kier molecular flexibility index (Phi) is 4.31. The molecule has 1 atom stereocenters. The van der Waals surface area contributed by atoms with Gasteiger partial charge in [0.1, 0.15) is 0 Å². The summed E-state index contributed by atoms with van der Waals surface area (Å²) in [6, 6.07) is 0. The molecule has 0 aromatic heterocycles. The Hall–Kier alpha value is -0.160. The van der Waals surface area contributed by atoms with Crippen LogP contribution in [-0.4, -0.2) is 73.9 Å². The van der Waals surface area contributed by atoms with E-state index in [9.17, 15) is 5.11 Å². The number of likely N-dealkylation sites (N-methyl/N-ethyl adjacent to an activating group) is 2. The highest BCUT2D eigenvalue weighted by Gasteiger charge is 2.25. The highest BCUT2D eigenvalue weighted by molar-refractivity contribution is 4.86. The van der Waals surface area contributed by atoms with Gasteiger partial charge in [0, 0.05) is 32.7 Å². The standard InChI is InChI=1S/C10H23N3O/c1-10(9-14,11-2)8-13-6-4-12(3)5-7-13/h11,14H,4-9H2,1-3H3. The van der Waals surface area contributed by atoms with Crippen molar-refractivity contribution < 1.29 is 5.11 Å². The minimum absolute atomic E-state index is 0.157. The van der Waals surface area contributed by atoms with Crippen molar-refractivity contribution in [1.29, 1.82) is 0 Å². The van der Waals surface area contributed by atoms with E-state index < -0.39 is 0 Å². The predicted molar refractivity (Wildman–Crippen MR) is 58.5 cm³/mol. The van der Waals surface area contributed by atoms with Crippen LogP contribution in [0.4, 0.5) is 0 Å². The Morgan fingerprint density at radius 2 is 1.86 bits per heavy atom. The minimum atomic E-state index is -0.157. The Bertz CT molecular complexity index is 163. The molecule has 0 aromatic rings. The number of aliphatic hydroxyl groups excluding tert-OH is 1. The first-order valence-electron chi connectivity index (χ1n) is 5.30. The van der Waals surface area contributed by atoms with Crippen LogP contribution < -0.4 is 5.32 Å². The molecule has 0 aromatic carbocycles. The molecule has 1 aliphatic heterocycles. The van der Waals surface area contributed by atoms with Gasteiger partial charge in [-0.05, 0) is 21.0 Å². The second-order valence-electron chi connectivity index (χ2n) is 4.55. The van der Waals surface area contributed by atoms with Crippen molar-refractivity contribution in [2.45, 2.75) is 12.5 Å². The Labute approximate surface area is 86.9 Å². The number of piperazine rings is 1. The van der Waals surface area contributed by atoms with E-state index in [1.54, 1.807) is 0 Å². The van der Waals surface area contributed by atoms with Crippen molar-refractivity contribution in [3.63, 3.8) is 0 Å². The SMILES string of the molecule is CNC(C)(CO)CN1CCN(C)CC1. The van der Waals surface area contributed by atoms with Gasteiger partial charge >= 0.3 is 0 Å². The number of nitrogens with zero attached hydrogens (tertiary/aromatic N) is 2. The second kappa shape index (κ2) is 5.07. The van der Waals surface area contributed by atoms with Crippen LogP contribution >= 0.6 is 0 Å². The molecule has 0 spiro atoms. The maximum Gasteiger partial charge on any atom is 0.0623 e. The van der Waals surface area contributed by atoms with Crippen LogP contribution in [0.1, 0.15) is 6.92 Å². The summed E-state index contributed by atoms with van der Waals surface area (Å²) < 4.78 is 0. The summed E-state index contributed by atoms with van der Waals surface area (Å²) in [5.41, 5.74) is -0.157. The van der Waals surface area contributed by atoms with Crippen LogP contribution in [-0.2, 0) is 0 Å². The Morgan fingerprint density at radius 3 is 2.29 bits per heavy atom. The lowest BCUT2D eigenvalue weighted by molar-refractivity contribution is 0.0909. The lowest BCUT2D eigenvalue weighted by atomic mass is 10.0. The largest absolute Gasteiger partial charge is 0.394 e. The highest BCUT2D eigenvalue weighted by atomic mass is 16.3. The first kappa shape index (κ1) is 11.9. The molecule has 4 heteroatoms. The Balaban J connectivity index is 2.36. The molecule has 0 amide bonds. The average molecular weight is 201 g/mol. The van der Waals surface area contributed by atoms with E-state index in [0.29, 0.717) is 0 Å². The van der Waals surface area contributed by atoms with Gasteiger partial charge in [-0.25, -0.2) is 0 Å². The second-order valence-corrected chi connectivity index (χ2v) is 4.55. The van der Waals surface area contributed by atoms with Crippen molar-refractivity contribution in [2.75, 3.05) is 53.4 Å². The third-order valence-electron chi connectivity index (χ3n) is 3.12. The number of hydrogen-bond acceptors (Lipinski definition) is 4. The zero-order valence-electron chi connectivity index (χ0n) is 9.58. The van der Waals surface area contributed by atoms with Crippen LogP contribution in [0.25, 0.3) is 0 Å². The van der Waals surface area contributed by atoms with Crippen LogP contribution in [0.5, 0.6) is 0 Å². The van der Waals surface area contributed by atoms with Gasteiger partial charge in [0.05, 0.1) is 12.1 Å². The predicted octanol–water partition coefficient (Wildman–Crippen LogP) is -0.796. The first-order valence-corrected chi connectivity index (χ1v) is 5.30. The Morgan fingerprint density at radius 1 is 1.29 bits per heavy atom. The number of hydrogen-bond donors (Lipinski definition) is 2. The molecule has 0 radical (unpaired) electrons. The van der Waals surface area contributed by atoms with Gasteiger partial charge in [-0.3, -0.25) is 4.90 Å². The van der Waals surface area contributed by atoms with E-state index in [4.69, 9.17) is 0 Å². The average Bonchev–Trinajstić information content (AvgIpc) is 2.21. The summed E-state index contributed by atoms with van der Waals surface area (Å²) in [5.74, 6) is 0. The lowest BCUT2D eigenvalue weighted by Gasteiger charge is -2.38. The quantitative estimate of drug-likeness (QED) is 0.625. The molecule has 4 nitrogen and oxygen atoms in total. The van der Waals surface area contributed by atoms with Crippen molar-refractivity contribution >= 4 is 0 Å². The van der Waals surface area contributed by atoms with Gasteiger partial charge in [0.25, 0.3) is 0 Å². The van der Waals surface area contributed by atoms with Gasteiger partial charge in [-0.1, -0.05) is 0 Å².